The standard InChI is InChI=1S/C26H35FN2O3/c1-26(2,27)19-29-14-12-20(13-15-29)18-32-24-10-8-22(9-11-24)21-4-6-23(7-5-21)25(31)28(3)16-17-30/h4-11,20,30H,12-19H2,1-3H3. The summed E-state index contributed by atoms with van der Waals surface area (Å²) in [5, 5.41) is 8.99. The number of nitrogens with zero attached hydrogens (tertiary/aromatic N) is 2. The van der Waals surface area contributed by atoms with Gasteiger partial charge in [0.1, 0.15) is 11.4 Å². The number of halogens is 1. The lowest BCUT2D eigenvalue weighted by Crippen LogP contribution is -2.41. The lowest BCUT2D eigenvalue weighted by atomic mass is 9.97. The maximum absolute atomic E-state index is 13.8. The minimum absolute atomic E-state index is 0.0502. The summed E-state index contributed by atoms with van der Waals surface area (Å²) in [5.74, 6) is 1.25. The van der Waals surface area contributed by atoms with Crippen LogP contribution in [0.3, 0.4) is 0 Å². The number of likely N-dealkylation sites (tertiary alicyclic amines) is 1. The predicted octanol–water partition coefficient (Wildman–Crippen LogP) is 4.26. The molecule has 6 heteroatoms. The molecule has 5 nitrogen and oxygen atoms in total. The SMILES string of the molecule is CN(CCO)C(=O)c1ccc(-c2ccc(OCC3CCN(CC(C)(C)F)CC3)cc2)cc1. The molecule has 1 aliphatic rings. The molecule has 0 atom stereocenters. The summed E-state index contributed by atoms with van der Waals surface area (Å²) in [6, 6.07) is 15.5. The summed E-state index contributed by atoms with van der Waals surface area (Å²) in [4.78, 5) is 16.0. The first-order chi connectivity index (χ1) is 15.2. The summed E-state index contributed by atoms with van der Waals surface area (Å²) in [7, 11) is 1.68. The molecule has 174 valence electrons. The Morgan fingerprint density at radius 1 is 1.09 bits per heavy atom. The molecule has 2 aromatic rings. The number of aliphatic hydroxyl groups is 1. The zero-order valence-electron chi connectivity index (χ0n) is 19.4. The summed E-state index contributed by atoms with van der Waals surface area (Å²) in [6.45, 7) is 6.57. The number of rotatable bonds is 9. The molecule has 0 bridgehead atoms. The first-order valence-corrected chi connectivity index (χ1v) is 11.4. The zero-order chi connectivity index (χ0) is 23.1. The Balaban J connectivity index is 1.49. The quantitative estimate of drug-likeness (QED) is 0.631. The van der Waals surface area contributed by atoms with Gasteiger partial charge in [-0.2, -0.15) is 0 Å². The molecule has 0 aliphatic carbocycles. The summed E-state index contributed by atoms with van der Waals surface area (Å²) >= 11 is 0. The van der Waals surface area contributed by atoms with Crippen LogP contribution in [-0.4, -0.2) is 72.9 Å². The number of piperidine rings is 1. The molecule has 1 fully saturated rings. The van der Waals surface area contributed by atoms with E-state index in [2.05, 4.69) is 4.90 Å². The van der Waals surface area contributed by atoms with E-state index in [4.69, 9.17) is 9.84 Å². The van der Waals surface area contributed by atoms with E-state index in [-0.39, 0.29) is 12.5 Å². The Hall–Kier alpha value is -2.44. The Bertz CT molecular complexity index is 854. The van der Waals surface area contributed by atoms with Crippen LogP contribution in [0.25, 0.3) is 11.1 Å². The minimum atomic E-state index is -1.14. The van der Waals surface area contributed by atoms with Gasteiger partial charge < -0.3 is 19.6 Å². The second kappa shape index (κ2) is 10.9. The highest BCUT2D eigenvalue weighted by atomic mass is 19.1. The summed E-state index contributed by atoms with van der Waals surface area (Å²) in [6.07, 6.45) is 2.07. The first kappa shape index (κ1) is 24.2. The topological polar surface area (TPSA) is 53.0 Å². The van der Waals surface area contributed by atoms with E-state index in [1.807, 2.05) is 48.5 Å². The molecule has 2 aromatic carbocycles. The number of ether oxygens (including phenoxy) is 1. The van der Waals surface area contributed by atoms with Crippen molar-refractivity contribution in [1.29, 1.82) is 0 Å². The van der Waals surface area contributed by atoms with Crippen molar-refractivity contribution in [3.8, 4) is 16.9 Å². The lowest BCUT2D eigenvalue weighted by molar-refractivity contribution is 0.0767. The molecule has 1 N–H and O–H groups in total. The number of amides is 1. The van der Waals surface area contributed by atoms with E-state index in [0.717, 1.165) is 42.8 Å². The highest BCUT2D eigenvalue weighted by Gasteiger charge is 2.25. The molecule has 1 aliphatic heterocycles. The van der Waals surface area contributed by atoms with Crippen LogP contribution in [0.1, 0.15) is 37.0 Å². The van der Waals surface area contributed by atoms with E-state index in [0.29, 0.717) is 31.2 Å². The first-order valence-electron chi connectivity index (χ1n) is 11.4. The van der Waals surface area contributed by atoms with Crippen LogP contribution < -0.4 is 4.74 Å². The van der Waals surface area contributed by atoms with Gasteiger partial charge in [0.2, 0.25) is 0 Å². The Kier molecular flexibility index (Phi) is 8.26. The van der Waals surface area contributed by atoms with Crippen molar-refractivity contribution in [2.75, 3.05) is 46.4 Å². The molecule has 0 radical (unpaired) electrons. The van der Waals surface area contributed by atoms with E-state index in [9.17, 15) is 9.18 Å². The normalized spacial score (nSPS) is 15.5. The van der Waals surface area contributed by atoms with Crippen molar-refractivity contribution in [2.24, 2.45) is 5.92 Å². The van der Waals surface area contributed by atoms with Crippen LogP contribution in [0.4, 0.5) is 4.39 Å². The number of alkyl halides is 1. The number of hydrogen-bond donors (Lipinski definition) is 1. The average molecular weight is 443 g/mol. The predicted molar refractivity (Wildman–Crippen MR) is 126 cm³/mol. The number of likely N-dealkylation sites (N-methyl/N-ethyl adjacent to an activating group) is 1. The summed E-state index contributed by atoms with van der Waals surface area (Å²) in [5.41, 5.74) is 1.55. The number of hydrogen-bond acceptors (Lipinski definition) is 4. The molecule has 0 spiro atoms. The van der Waals surface area contributed by atoms with Gasteiger partial charge in [0.15, 0.2) is 0 Å². The van der Waals surface area contributed by atoms with E-state index in [1.165, 1.54) is 4.90 Å². The second-order valence-corrected chi connectivity index (χ2v) is 9.30. The molecule has 3 rings (SSSR count). The molecule has 32 heavy (non-hydrogen) atoms. The molecular formula is C26H35FN2O3. The fourth-order valence-corrected chi connectivity index (χ4v) is 4.08. The maximum atomic E-state index is 13.8. The monoisotopic (exact) mass is 442 g/mol. The Morgan fingerprint density at radius 2 is 1.66 bits per heavy atom. The van der Waals surface area contributed by atoms with Gasteiger partial charge in [-0.3, -0.25) is 4.79 Å². The Morgan fingerprint density at radius 3 is 2.19 bits per heavy atom. The third-order valence-electron chi connectivity index (χ3n) is 5.89. The molecule has 0 aromatic heterocycles. The Labute approximate surface area is 190 Å². The van der Waals surface area contributed by atoms with Crippen LogP contribution in [0.2, 0.25) is 0 Å². The smallest absolute Gasteiger partial charge is 0.253 e. The van der Waals surface area contributed by atoms with Crippen LogP contribution in [0.15, 0.2) is 48.5 Å². The lowest BCUT2D eigenvalue weighted by Gasteiger charge is -2.34. The highest BCUT2D eigenvalue weighted by Crippen LogP contribution is 2.25. The van der Waals surface area contributed by atoms with Gasteiger partial charge in [0.05, 0.1) is 13.2 Å². The highest BCUT2D eigenvalue weighted by molar-refractivity contribution is 5.94. The fourth-order valence-electron chi connectivity index (χ4n) is 4.08. The zero-order valence-corrected chi connectivity index (χ0v) is 19.4. The van der Waals surface area contributed by atoms with E-state index < -0.39 is 5.67 Å². The third-order valence-corrected chi connectivity index (χ3v) is 5.89. The van der Waals surface area contributed by atoms with Crippen molar-refractivity contribution >= 4 is 5.91 Å². The van der Waals surface area contributed by atoms with Gasteiger partial charge in [-0.1, -0.05) is 24.3 Å². The second-order valence-electron chi connectivity index (χ2n) is 9.30. The van der Waals surface area contributed by atoms with Crippen LogP contribution in [-0.2, 0) is 0 Å². The van der Waals surface area contributed by atoms with Gasteiger partial charge >= 0.3 is 0 Å². The number of carbonyl (C=O) groups excluding carboxylic acids is 1. The van der Waals surface area contributed by atoms with Gasteiger partial charge in [0.25, 0.3) is 5.91 Å². The fraction of sp³-hybridized carbons (Fsp3) is 0.500. The molecule has 1 saturated heterocycles. The summed E-state index contributed by atoms with van der Waals surface area (Å²) < 4.78 is 19.8. The number of aliphatic hydroxyl groups excluding tert-OH is 1. The van der Waals surface area contributed by atoms with Crippen LogP contribution in [0, 0.1) is 5.92 Å². The minimum Gasteiger partial charge on any atom is -0.493 e. The van der Waals surface area contributed by atoms with Gasteiger partial charge in [-0.25, -0.2) is 4.39 Å². The van der Waals surface area contributed by atoms with Crippen molar-refractivity contribution in [3.05, 3.63) is 54.1 Å². The average Bonchev–Trinajstić information content (AvgIpc) is 2.78. The maximum Gasteiger partial charge on any atom is 0.253 e. The van der Waals surface area contributed by atoms with Crippen molar-refractivity contribution < 1.29 is 19.0 Å². The molecular weight excluding hydrogens is 407 g/mol. The van der Waals surface area contributed by atoms with Crippen molar-refractivity contribution in [2.45, 2.75) is 32.4 Å². The number of benzene rings is 2. The third kappa shape index (κ3) is 7.04. The van der Waals surface area contributed by atoms with Gasteiger partial charge in [0, 0.05) is 25.7 Å². The van der Waals surface area contributed by atoms with Crippen LogP contribution >= 0.6 is 0 Å². The molecule has 1 heterocycles. The van der Waals surface area contributed by atoms with Crippen molar-refractivity contribution in [1.82, 2.24) is 9.80 Å². The van der Waals surface area contributed by atoms with Gasteiger partial charge in [-0.05, 0) is 81.1 Å². The van der Waals surface area contributed by atoms with Crippen LogP contribution in [0.5, 0.6) is 5.75 Å². The molecule has 0 saturated carbocycles. The largest absolute Gasteiger partial charge is 0.493 e. The molecule has 0 unspecified atom stereocenters. The van der Waals surface area contributed by atoms with Gasteiger partial charge in [-0.15, -0.1) is 0 Å². The van der Waals surface area contributed by atoms with E-state index in [1.54, 1.807) is 20.9 Å². The van der Waals surface area contributed by atoms with E-state index >= 15 is 0 Å². The van der Waals surface area contributed by atoms with Crippen molar-refractivity contribution in [3.63, 3.8) is 0 Å². The molecule has 1 amide bonds. The number of carbonyl (C=O) groups is 1.